The van der Waals surface area contributed by atoms with Gasteiger partial charge in [0.25, 0.3) is 0 Å². The zero-order valence-corrected chi connectivity index (χ0v) is 11.4. The van der Waals surface area contributed by atoms with E-state index in [-0.39, 0.29) is 0 Å². The van der Waals surface area contributed by atoms with Gasteiger partial charge in [0.15, 0.2) is 0 Å². The van der Waals surface area contributed by atoms with Crippen LogP contribution in [-0.2, 0) is 11.3 Å². The van der Waals surface area contributed by atoms with E-state index in [1.807, 2.05) is 25.1 Å². The van der Waals surface area contributed by atoms with Gasteiger partial charge in [-0.05, 0) is 19.1 Å². The second-order valence-electron chi connectivity index (χ2n) is 3.89. The van der Waals surface area contributed by atoms with Crippen molar-refractivity contribution in [1.82, 2.24) is 5.32 Å². The predicted octanol–water partition coefficient (Wildman–Crippen LogP) is 3.68. The predicted molar refractivity (Wildman–Crippen MR) is 73.8 cm³/mol. The number of benzene rings is 1. The summed E-state index contributed by atoms with van der Waals surface area (Å²) in [7, 11) is 0. The van der Waals surface area contributed by atoms with Gasteiger partial charge in [0.05, 0.1) is 13.2 Å². The number of hydrogen-bond donors (Lipinski definition) is 1. The normalized spacial score (nSPS) is 10.5. The summed E-state index contributed by atoms with van der Waals surface area (Å²) in [6.07, 6.45) is 0. The fraction of sp³-hybridized carbons (Fsp3) is 0.385. The molecule has 0 aliphatic rings. The topological polar surface area (TPSA) is 21.3 Å². The third kappa shape index (κ3) is 5.55. The molecule has 1 aromatic carbocycles. The minimum atomic E-state index is 0.606. The van der Waals surface area contributed by atoms with Gasteiger partial charge in [-0.1, -0.05) is 41.4 Å². The lowest BCUT2D eigenvalue weighted by Crippen LogP contribution is -2.20. The molecule has 0 aliphatic heterocycles. The van der Waals surface area contributed by atoms with E-state index in [9.17, 15) is 0 Å². The van der Waals surface area contributed by atoms with Crippen molar-refractivity contribution >= 4 is 23.2 Å². The smallest absolute Gasteiger partial charge is 0.0672 e. The molecule has 0 amide bonds. The molecule has 1 aromatic rings. The molecule has 0 saturated carbocycles. The maximum absolute atomic E-state index is 6.04. The van der Waals surface area contributed by atoms with Crippen molar-refractivity contribution in [3.05, 3.63) is 46.0 Å². The van der Waals surface area contributed by atoms with E-state index in [4.69, 9.17) is 27.9 Å². The molecule has 1 rings (SSSR count). The minimum absolute atomic E-state index is 0.606. The molecule has 1 N–H and O–H groups in total. The second kappa shape index (κ2) is 7.72. The van der Waals surface area contributed by atoms with Gasteiger partial charge in [-0.3, -0.25) is 0 Å². The summed E-state index contributed by atoms with van der Waals surface area (Å²) < 4.78 is 5.37. The maximum Gasteiger partial charge on any atom is 0.0672 e. The van der Waals surface area contributed by atoms with Crippen LogP contribution in [0.4, 0.5) is 0 Å². The van der Waals surface area contributed by atoms with Crippen molar-refractivity contribution in [2.45, 2.75) is 13.5 Å². The molecule has 94 valence electrons. The Labute approximate surface area is 113 Å². The minimum Gasteiger partial charge on any atom is -0.376 e. The molecular formula is C13H17Cl2NO. The van der Waals surface area contributed by atoms with E-state index in [0.717, 1.165) is 17.7 Å². The van der Waals surface area contributed by atoms with E-state index in [0.29, 0.717) is 29.8 Å². The van der Waals surface area contributed by atoms with Crippen LogP contribution in [0.2, 0.25) is 10.0 Å². The van der Waals surface area contributed by atoms with Crippen LogP contribution in [0.5, 0.6) is 0 Å². The lowest BCUT2D eigenvalue weighted by atomic mass is 10.2. The Morgan fingerprint density at radius 1 is 1.35 bits per heavy atom. The van der Waals surface area contributed by atoms with Gasteiger partial charge in [0.1, 0.15) is 0 Å². The molecule has 4 heteroatoms. The molecule has 0 spiro atoms. The van der Waals surface area contributed by atoms with Crippen molar-refractivity contribution in [2.75, 3.05) is 19.8 Å². The molecule has 0 bridgehead atoms. The zero-order chi connectivity index (χ0) is 12.7. The number of halogens is 2. The number of rotatable bonds is 7. The van der Waals surface area contributed by atoms with Gasteiger partial charge in [-0.15, -0.1) is 0 Å². The molecular weight excluding hydrogens is 257 g/mol. The van der Waals surface area contributed by atoms with Crippen LogP contribution in [0.15, 0.2) is 30.4 Å². The fourth-order valence-corrected chi connectivity index (χ4v) is 1.84. The summed E-state index contributed by atoms with van der Waals surface area (Å²) in [5.74, 6) is 0. The Morgan fingerprint density at radius 3 is 2.59 bits per heavy atom. The summed E-state index contributed by atoms with van der Waals surface area (Å²) >= 11 is 12.1. The van der Waals surface area contributed by atoms with Crippen LogP contribution >= 0.6 is 23.2 Å². The van der Waals surface area contributed by atoms with Crippen LogP contribution in [-0.4, -0.2) is 19.8 Å². The monoisotopic (exact) mass is 273 g/mol. The zero-order valence-electron chi connectivity index (χ0n) is 9.93. The summed E-state index contributed by atoms with van der Waals surface area (Å²) in [5.41, 5.74) is 1.95. The Balaban J connectivity index is 2.24. The first-order valence-corrected chi connectivity index (χ1v) is 6.22. The highest BCUT2D eigenvalue weighted by molar-refractivity contribution is 6.35. The number of nitrogens with one attached hydrogen (secondary N) is 1. The van der Waals surface area contributed by atoms with E-state index < -0.39 is 0 Å². The molecule has 0 heterocycles. The van der Waals surface area contributed by atoms with Crippen molar-refractivity contribution < 1.29 is 4.74 Å². The second-order valence-corrected chi connectivity index (χ2v) is 4.70. The molecule has 2 nitrogen and oxygen atoms in total. The SMILES string of the molecule is C=C(C)COCCNCc1c(Cl)cccc1Cl. The first-order chi connectivity index (χ1) is 8.11. The molecule has 0 saturated heterocycles. The van der Waals surface area contributed by atoms with Gasteiger partial charge in [0, 0.05) is 28.7 Å². The Hall–Kier alpha value is -0.540. The highest BCUT2D eigenvalue weighted by Crippen LogP contribution is 2.23. The van der Waals surface area contributed by atoms with Crippen LogP contribution in [0, 0.1) is 0 Å². The number of ether oxygens (including phenoxy) is 1. The van der Waals surface area contributed by atoms with Crippen molar-refractivity contribution in [3.63, 3.8) is 0 Å². The van der Waals surface area contributed by atoms with Crippen molar-refractivity contribution in [1.29, 1.82) is 0 Å². The van der Waals surface area contributed by atoms with Crippen molar-refractivity contribution in [3.8, 4) is 0 Å². The van der Waals surface area contributed by atoms with E-state index in [1.54, 1.807) is 0 Å². The van der Waals surface area contributed by atoms with E-state index >= 15 is 0 Å². The highest BCUT2D eigenvalue weighted by Gasteiger charge is 2.03. The summed E-state index contributed by atoms with van der Waals surface area (Å²) in [5, 5.41) is 4.61. The van der Waals surface area contributed by atoms with E-state index in [1.165, 1.54) is 0 Å². The maximum atomic E-state index is 6.04. The number of hydrogen-bond acceptors (Lipinski definition) is 2. The average molecular weight is 274 g/mol. The van der Waals surface area contributed by atoms with Gasteiger partial charge in [-0.25, -0.2) is 0 Å². The Bertz CT molecular complexity index is 359. The third-order valence-electron chi connectivity index (χ3n) is 2.14. The molecule has 0 fully saturated rings. The Kier molecular flexibility index (Phi) is 6.60. The van der Waals surface area contributed by atoms with Gasteiger partial charge in [-0.2, -0.15) is 0 Å². The van der Waals surface area contributed by atoms with Crippen LogP contribution in [0.3, 0.4) is 0 Å². The van der Waals surface area contributed by atoms with Gasteiger partial charge < -0.3 is 10.1 Å². The standard InChI is InChI=1S/C13H17Cl2NO/c1-10(2)9-17-7-6-16-8-11-12(14)4-3-5-13(11)15/h3-5,16H,1,6-9H2,2H3. The third-order valence-corrected chi connectivity index (χ3v) is 2.84. The summed E-state index contributed by atoms with van der Waals surface area (Å²) in [6, 6.07) is 5.51. The quantitative estimate of drug-likeness (QED) is 0.605. The first-order valence-electron chi connectivity index (χ1n) is 5.47. The van der Waals surface area contributed by atoms with Gasteiger partial charge >= 0.3 is 0 Å². The summed E-state index contributed by atoms with van der Waals surface area (Å²) in [4.78, 5) is 0. The van der Waals surface area contributed by atoms with Crippen LogP contribution in [0.25, 0.3) is 0 Å². The summed E-state index contributed by atoms with van der Waals surface area (Å²) in [6.45, 7) is 8.36. The molecule has 0 aliphatic carbocycles. The van der Waals surface area contributed by atoms with Crippen LogP contribution < -0.4 is 5.32 Å². The molecule has 0 radical (unpaired) electrons. The van der Waals surface area contributed by atoms with Crippen LogP contribution in [0.1, 0.15) is 12.5 Å². The first kappa shape index (κ1) is 14.5. The molecule has 0 aromatic heterocycles. The van der Waals surface area contributed by atoms with Gasteiger partial charge in [0.2, 0.25) is 0 Å². The van der Waals surface area contributed by atoms with Crippen molar-refractivity contribution in [2.24, 2.45) is 0 Å². The molecule has 17 heavy (non-hydrogen) atoms. The lowest BCUT2D eigenvalue weighted by Gasteiger charge is -2.09. The Morgan fingerprint density at radius 2 is 2.00 bits per heavy atom. The largest absolute Gasteiger partial charge is 0.376 e. The lowest BCUT2D eigenvalue weighted by molar-refractivity contribution is 0.158. The average Bonchev–Trinajstić information content (AvgIpc) is 2.26. The van der Waals surface area contributed by atoms with E-state index in [2.05, 4.69) is 11.9 Å². The molecule has 0 unspecified atom stereocenters. The molecule has 0 atom stereocenters. The highest BCUT2D eigenvalue weighted by atomic mass is 35.5. The fourth-order valence-electron chi connectivity index (χ4n) is 1.31.